The van der Waals surface area contributed by atoms with E-state index in [9.17, 15) is 14.4 Å². The third-order valence-corrected chi connectivity index (χ3v) is 14.5. The van der Waals surface area contributed by atoms with Crippen molar-refractivity contribution in [2.24, 2.45) is 0 Å². The van der Waals surface area contributed by atoms with Gasteiger partial charge in [0.1, 0.15) is 13.2 Å². The van der Waals surface area contributed by atoms with Crippen LogP contribution in [0.2, 0.25) is 0 Å². The number of hydrogen-bond donors (Lipinski definition) is 0. The molecular formula is C65H122O6. The first-order valence-electron chi connectivity index (χ1n) is 31.8. The summed E-state index contributed by atoms with van der Waals surface area (Å²) in [6, 6.07) is 0. The van der Waals surface area contributed by atoms with E-state index in [1.807, 2.05) is 0 Å². The SMILES string of the molecule is CCCCCCC/C=C\C/C=C\CCCCCCCCCCCCCCCCCCCCCCCC(=O)OCC(COC(=O)CCCCCCCCCC)OC(=O)CCCCCCCCCCCCCC. The van der Waals surface area contributed by atoms with Crippen molar-refractivity contribution in [3.8, 4) is 0 Å². The van der Waals surface area contributed by atoms with E-state index in [0.717, 1.165) is 64.2 Å². The van der Waals surface area contributed by atoms with Gasteiger partial charge in [0, 0.05) is 19.3 Å². The van der Waals surface area contributed by atoms with Crippen LogP contribution >= 0.6 is 0 Å². The Balaban J connectivity index is 3.92. The minimum absolute atomic E-state index is 0.0642. The van der Waals surface area contributed by atoms with Crippen molar-refractivity contribution in [2.45, 2.75) is 361 Å². The van der Waals surface area contributed by atoms with Crippen LogP contribution in [0.3, 0.4) is 0 Å². The van der Waals surface area contributed by atoms with Crippen molar-refractivity contribution >= 4 is 17.9 Å². The van der Waals surface area contributed by atoms with E-state index in [2.05, 4.69) is 45.1 Å². The highest BCUT2D eigenvalue weighted by molar-refractivity contribution is 5.71. The lowest BCUT2D eigenvalue weighted by atomic mass is 10.0. The maximum absolute atomic E-state index is 12.8. The summed E-state index contributed by atoms with van der Waals surface area (Å²) in [6.07, 6.45) is 72.3. The molecule has 0 heterocycles. The van der Waals surface area contributed by atoms with Crippen LogP contribution in [0.15, 0.2) is 24.3 Å². The topological polar surface area (TPSA) is 78.9 Å². The molecule has 0 aliphatic carbocycles. The summed E-state index contributed by atoms with van der Waals surface area (Å²) in [6.45, 7) is 6.64. The molecule has 418 valence electrons. The van der Waals surface area contributed by atoms with Crippen LogP contribution in [0.4, 0.5) is 0 Å². The molecule has 0 saturated carbocycles. The van der Waals surface area contributed by atoms with Gasteiger partial charge < -0.3 is 14.2 Å². The van der Waals surface area contributed by atoms with Crippen LogP contribution in [0, 0.1) is 0 Å². The molecule has 0 fully saturated rings. The van der Waals surface area contributed by atoms with E-state index in [-0.39, 0.29) is 31.1 Å². The van der Waals surface area contributed by atoms with Gasteiger partial charge in [-0.15, -0.1) is 0 Å². The summed E-state index contributed by atoms with van der Waals surface area (Å²) in [4.78, 5) is 38.0. The van der Waals surface area contributed by atoms with Gasteiger partial charge in [0.25, 0.3) is 0 Å². The second kappa shape index (κ2) is 60.4. The summed E-state index contributed by atoms with van der Waals surface area (Å²) in [5, 5.41) is 0. The Kier molecular flexibility index (Phi) is 58.6. The zero-order chi connectivity index (χ0) is 51.4. The molecule has 6 heteroatoms. The number of ether oxygens (including phenoxy) is 3. The molecule has 0 aliphatic heterocycles. The van der Waals surface area contributed by atoms with Crippen molar-refractivity contribution in [3.05, 3.63) is 24.3 Å². The van der Waals surface area contributed by atoms with E-state index < -0.39 is 6.10 Å². The molecule has 0 spiro atoms. The highest BCUT2D eigenvalue weighted by atomic mass is 16.6. The number of unbranched alkanes of at least 4 members (excludes halogenated alkanes) is 44. The van der Waals surface area contributed by atoms with Crippen LogP contribution in [-0.2, 0) is 28.6 Å². The first kappa shape index (κ1) is 68.9. The Morgan fingerprint density at radius 2 is 0.507 bits per heavy atom. The predicted molar refractivity (Wildman–Crippen MR) is 307 cm³/mol. The fourth-order valence-corrected chi connectivity index (χ4v) is 9.65. The van der Waals surface area contributed by atoms with Crippen molar-refractivity contribution < 1.29 is 28.6 Å². The maximum atomic E-state index is 12.8. The third kappa shape index (κ3) is 58.7. The van der Waals surface area contributed by atoms with Gasteiger partial charge in [-0.2, -0.15) is 0 Å². The molecule has 0 amide bonds. The fraction of sp³-hybridized carbons (Fsp3) is 0.892. The molecule has 0 saturated heterocycles. The van der Waals surface area contributed by atoms with Crippen molar-refractivity contribution in [3.63, 3.8) is 0 Å². The van der Waals surface area contributed by atoms with Gasteiger partial charge in [-0.05, 0) is 51.4 Å². The van der Waals surface area contributed by atoms with Gasteiger partial charge in [-0.25, -0.2) is 0 Å². The molecule has 0 aromatic heterocycles. The van der Waals surface area contributed by atoms with E-state index in [4.69, 9.17) is 14.2 Å². The Morgan fingerprint density at radius 3 is 0.775 bits per heavy atom. The van der Waals surface area contributed by atoms with Crippen molar-refractivity contribution in [2.75, 3.05) is 13.2 Å². The quantitative estimate of drug-likeness (QED) is 0.0261. The minimum atomic E-state index is -0.762. The van der Waals surface area contributed by atoms with Crippen molar-refractivity contribution in [1.29, 1.82) is 0 Å². The Bertz CT molecular complexity index is 1150. The number of carbonyl (C=O) groups is 3. The second-order valence-corrected chi connectivity index (χ2v) is 21.7. The number of esters is 3. The van der Waals surface area contributed by atoms with Gasteiger partial charge in [0.15, 0.2) is 6.10 Å². The van der Waals surface area contributed by atoms with Gasteiger partial charge in [-0.1, -0.05) is 308 Å². The van der Waals surface area contributed by atoms with E-state index in [1.165, 1.54) is 250 Å². The Morgan fingerprint density at radius 1 is 0.282 bits per heavy atom. The molecule has 0 aliphatic rings. The van der Waals surface area contributed by atoms with E-state index >= 15 is 0 Å². The molecule has 0 aromatic carbocycles. The molecule has 6 nitrogen and oxygen atoms in total. The summed E-state index contributed by atoms with van der Waals surface area (Å²) in [5.41, 5.74) is 0. The first-order valence-corrected chi connectivity index (χ1v) is 31.8. The van der Waals surface area contributed by atoms with Crippen molar-refractivity contribution in [1.82, 2.24) is 0 Å². The molecule has 1 unspecified atom stereocenters. The third-order valence-electron chi connectivity index (χ3n) is 14.5. The molecule has 0 N–H and O–H groups in total. The number of carbonyl (C=O) groups excluding carboxylic acids is 3. The van der Waals surface area contributed by atoms with Crippen LogP contribution < -0.4 is 0 Å². The molecule has 0 bridgehead atoms. The molecule has 0 radical (unpaired) electrons. The zero-order valence-electron chi connectivity index (χ0n) is 48.0. The number of hydrogen-bond acceptors (Lipinski definition) is 6. The van der Waals surface area contributed by atoms with Crippen LogP contribution in [-0.4, -0.2) is 37.2 Å². The second-order valence-electron chi connectivity index (χ2n) is 21.7. The lowest BCUT2D eigenvalue weighted by Gasteiger charge is -2.18. The lowest BCUT2D eigenvalue weighted by molar-refractivity contribution is -0.167. The van der Waals surface area contributed by atoms with Gasteiger partial charge in [0.2, 0.25) is 0 Å². The zero-order valence-corrected chi connectivity index (χ0v) is 48.0. The van der Waals surface area contributed by atoms with Gasteiger partial charge in [-0.3, -0.25) is 14.4 Å². The molecular weight excluding hydrogens is 877 g/mol. The van der Waals surface area contributed by atoms with Crippen LogP contribution in [0.25, 0.3) is 0 Å². The molecule has 0 rings (SSSR count). The van der Waals surface area contributed by atoms with Crippen LogP contribution in [0.1, 0.15) is 355 Å². The minimum Gasteiger partial charge on any atom is -0.462 e. The average molecular weight is 1000 g/mol. The highest BCUT2D eigenvalue weighted by Crippen LogP contribution is 2.18. The smallest absolute Gasteiger partial charge is 0.306 e. The predicted octanol–water partition coefficient (Wildman–Crippen LogP) is 21.4. The number of allylic oxidation sites excluding steroid dienone is 4. The Labute approximate surface area is 443 Å². The van der Waals surface area contributed by atoms with Gasteiger partial charge in [0.05, 0.1) is 0 Å². The summed E-state index contributed by atoms with van der Waals surface area (Å²) in [5.74, 6) is -0.847. The molecule has 1 atom stereocenters. The summed E-state index contributed by atoms with van der Waals surface area (Å²) < 4.78 is 16.8. The molecule has 71 heavy (non-hydrogen) atoms. The van der Waals surface area contributed by atoms with E-state index in [0.29, 0.717) is 19.3 Å². The summed E-state index contributed by atoms with van der Waals surface area (Å²) in [7, 11) is 0. The van der Waals surface area contributed by atoms with E-state index in [1.54, 1.807) is 0 Å². The van der Waals surface area contributed by atoms with Crippen LogP contribution in [0.5, 0.6) is 0 Å². The average Bonchev–Trinajstić information content (AvgIpc) is 3.37. The van der Waals surface area contributed by atoms with Gasteiger partial charge >= 0.3 is 17.9 Å². The summed E-state index contributed by atoms with van der Waals surface area (Å²) >= 11 is 0. The maximum Gasteiger partial charge on any atom is 0.306 e. The molecule has 0 aromatic rings. The number of rotatable bonds is 59. The highest BCUT2D eigenvalue weighted by Gasteiger charge is 2.19. The largest absolute Gasteiger partial charge is 0.462 e. The Hall–Kier alpha value is -2.11. The normalized spacial score (nSPS) is 12.1. The standard InChI is InChI=1S/C65H122O6/c1-4-7-10-13-16-19-21-23-24-25-26-27-28-29-30-31-32-33-34-35-36-37-38-39-40-41-42-43-45-46-49-52-55-58-64(67)70-61-62(60-69-63(66)57-54-51-48-18-15-12-9-6-3)71-65(68)59-56-53-50-47-44-22-20-17-14-11-8-5-2/h21,23,25-26,62H,4-20,22,24,27-61H2,1-3H3/b23-21-,26-25-. The fourth-order valence-electron chi connectivity index (χ4n) is 9.65. The first-order chi connectivity index (χ1) is 35.0. The monoisotopic (exact) mass is 999 g/mol. The lowest BCUT2D eigenvalue weighted by Crippen LogP contribution is -2.30.